The van der Waals surface area contributed by atoms with Crippen molar-refractivity contribution in [1.82, 2.24) is 0 Å². The van der Waals surface area contributed by atoms with Crippen LogP contribution in [-0.2, 0) is 0 Å². The van der Waals surface area contributed by atoms with Gasteiger partial charge in [0.1, 0.15) is 11.6 Å². The predicted octanol–water partition coefficient (Wildman–Crippen LogP) is 2.58. The van der Waals surface area contributed by atoms with Crippen LogP contribution in [0, 0.1) is 11.7 Å². The molecule has 0 saturated heterocycles. The molecule has 2 nitrogen and oxygen atoms in total. The van der Waals surface area contributed by atoms with Crippen molar-refractivity contribution in [3.05, 3.63) is 28.5 Å². The van der Waals surface area contributed by atoms with Crippen molar-refractivity contribution in [3.8, 4) is 5.75 Å². The Kier molecular flexibility index (Phi) is 2.85. The van der Waals surface area contributed by atoms with Crippen molar-refractivity contribution >= 4 is 11.6 Å². The molecule has 0 amide bonds. The molecule has 0 heterocycles. The van der Waals surface area contributed by atoms with E-state index in [1.807, 2.05) is 0 Å². The van der Waals surface area contributed by atoms with Gasteiger partial charge in [0.25, 0.3) is 0 Å². The van der Waals surface area contributed by atoms with Gasteiger partial charge >= 0.3 is 0 Å². The van der Waals surface area contributed by atoms with E-state index in [-0.39, 0.29) is 23.5 Å². The molecule has 1 aliphatic rings. The third kappa shape index (κ3) is 1.94. The Balaban J connectivity index is 2.34. The van der Waals surface area contributed by atoms with Gasteiger partial charge in [-0.2, -0.15) is 0 Å². The minimum absolute atomic E-state index is 0.106. The summed E-state index contributed by atoms with van der Waals surface area (Å²) in [7, 11) is 1.50. The molecule has 82 valence electrons. The van der Waals surface area contributed by atoms with Crippen LogP contribution < -0.4 is 4.74 Å². The Morgan fingerprint density at radius 2 is 2.33 bits per heavy atom. The first kappa shape index (κ1) is 10.7. The van der Waals surface area contributed by atoms with Crippen molar-refractivity contribution < 1.29 is 14.2 Å². The minimum atomic E-state index is -0.474. The van der Waals surface area contributed by atoms with Gasteiger partial charge in [-0.1, -0.05) is 11.6 Å². The molecule has 2 rings (SSSR count). The van der Waals surface area contributed by atoms with Crippen LogP contribution in [0.3, 0.4) is 0 Å². The molecule has 2 atom stereocenters. The maximum atomic E-state index is 13.1. The second-order valence-electron chi connectivity index (χ2n) is 3.79. The van der Waals surface area contributed by atoms with Gasteiger partial charge in [0.15, 0.2) is 0 Å². The van der Waals surface area contributed by atoms with Crippen LogP contribution in [0.2, 0.25) is 5.02 Å². The average Bonchev–Trinajstić information content (AvgIpc) is 3.00. The van der Waals surface area contributed by atoms with Crippen molar-refractivity contribution in [1.29, 1.82) is 0 Å². The van der Waals surface area contributed by atoms with Crippen molar-refractivity contribution in [3.63, 3.8) is 0 Å². The van der Waals surface area contributed by atoms with Crippen LogP contribution in [0.15, 0.2) is 12.1 Å². The number of benzene rings is 1. The van der Waals surface area contributed by atoms with Crippen LogP contribution in [0.1, 0.15) is 17.9 Å². The van der Waals surface area contributed by atoms with Gasteiger partial charge in [-0.05, 0) is 29.9 Å². The maximum absolute atomic E-state index is 13.1. The van der Waals surface area contributed by atoms with Gasteiger partial charge in [-0.25, -0.2) is 4.39 Å². The van der Waals surface area contributed by atoms with Crippen LogP contribution in [0.5, 0.6) is 5.75 Å². The van der Waals surface area contributed by atoms with Crippen LogP contribution in [0.4, 0.5) is 4.39 Å². The van der Waals surface area contributed by atoms with E-state index in [2.05, 4.69) is 0 Å². The van der Waals surface area contributed by atoms with Crippen molar-refractivity contribution in [2.45, 2.75) is 12.3 Å². The molecule has 2 unspecified atom stereocenters. The summed E-state index contributed by atoms with van der Waals surface area (Å²) in [5.74, 6) is 0.555. The monoisotopic (exact) mass is 230 g/mol. The fourth-order valence-corrected chi connectivity index (χ4v) is 2.01. The lowest BCUT2D eigenvalue weighted by Crippen LogP contribution is -1.95. The Bertz CT molecular complexity index is 381. The van der Waals surface area contributed by atoms with E-state index < -0.39 is 5.82 Å². The summed E-state index contributed by atoms with van der Waals surface area (Å²) in [4.78, 5) is 0. The second kappa shape index (κ2) is 3.99. The first-order valence-corrected chi connectivity index (χ1v) is 5.19. The highest BCUT2D eigenvalue weighted by molar-refractivity contribution is 6.30. The Morgan fingerprint density at radius 1 is 1.60 bits per heavy atom. The van der Waals surface area contributed by atoms with E-state index in [4.69, 9.17) is 21.4 Å². The summed E-state index contributed by atoms with van der Waals surface area (Å²) in [6.07, 6.45) is 0.912. The zero-order valence-electron chi connectivity index (χ0n) is 8.34. The molecule has 1 aliphatic carbocycles. The van der Waals surface area contributed by atoms with E-state index in [0.717, 1.165) is 12.0 Å². The summed E-state index contributed by atoms with van der Waals surface area (Å²) in [6, 6.07) is 2.89. The standard InChI is InChI=1S/C11H12ClFO2/c1-15-11-4-10(13)9(12)3-8(11)7-2-6(7)5-14/h3-4,6-7,14H,2,5H2,1H3. The summed E-state index contributed by atoms with van der Waals surface area (Å²) in [5.41, 5.74) is 0.892. The molecule has 0 radical (unpaired) electrons. The number of rotatable bonds is 3. The normalized spacial score (nSPS) is 24.0. The molecule has 0 bridgehead atoms. The third-order valence-corrected chi connectivity index (χ3v) is 3.12. The molecule has 0 spiro atoms. The Morgan fingerprint density at radius 3 is 2.87 bits per heavy atom. The lowest BCUT2D eigenvalue weighted by atomic mass is 10.1. The topological polar surface area (TPSA) is 29.5 Å². The molecule has 0 aromatic heterocycles. The fraction of sp³-hybridized carbons (Fsp3) is 0.455. The Hall–Kier alpha value is -0.800. The van der Waals surface area contributed by atoms with Crippen molar-refractivity contribution in [2.75, 3.05) is 13.7 Å². The van der Waals surface area contributed by atoms with Gasteiger partial charge in [-0.3, -0.25) is 0 Å². The van der Waals surface area contributed by atoms with E-state index in [1.165, 1.54) is 13.2 Å². The highest BCUT2D eigenvalue weighted by Gasteiger charge is 2.39. The number of hydrogen-bond donors (Lipinski definition) is 1. The van der Waals surface area contributed by atoms with Gasteiger partial charge in [0, 0.05) is 12.7 Å². The Labute approximate surface area is 92.6 Å². The molecule has 1 N–H and O–H groups in total. The number of halogens is 2. The number of hydrogen-bond acceptors (Lipinski definition) is 2. The highest BCUT2D eigenvalue weighted by atomic mass is 35.5. The first-order valence-electron chi connectivity index (χ1n) is 4.81. The summed E-state index contributed by atoms with van der Waals surface area (Å²) in [6.45, 7) is 0.156. The number of methoxy groups -OCH3 is 1. The van der Waals surface area contributed by atoms with Gasteiger partial charge in [0.2, 0.25) is 0 Å². The van der Waals surface area contributed by atoms with E-state index in [9.17, 15) is 4.39 Å². The number of aliphatic hydroxyl groups is 1. The van der Waals surface area contributed by atoms with Crippen molar-refractivity contribution in [2.24, 2.45) is 5.92 Å². The quantitative estimate of drug-likeness (QED) is 0.865. The second-order valence-corrected chi connectivity index (χ2v) is 4.20. The molecule has 1 aromatic carbocycles. The molecular weight excluding hydrogens is 219 g/mol. The minimum Gasteiger partial charge on any atom is -0.496 e. The molecular formula is C11H12ClFO2. The average molecular weight is 231 g/mol. The molecule has 1 saturated carbocycles. The molecule has 1 aromatic rings. The number of aliphatic hydroxyl groups excluding tert-OH is 1. The summed E-state index contributed by atoms with van der Waals surface area (Å²) in [5, 5.41) is 9.08. The smallest absolute Gasteiger partial charge is 0.145 e. The zero-order chi connectivity index (χ0) is 11.0. The van der Waals surface area contributed by atoms with Crippen LogP contribution in [0.25, 0.3) is 0 Å². The third-order valence-electron chi connectivity index (χ3n) is 2.83. The lowest BCUT2D eigenvalue weighted by Gasteiger charge is -2.09. The van der Waals surface area contributed by atoms with Crippen LogP contribution >= 0.6 is 11.6 Å². The highest BCUT2D eigenvalue weighted by Crippen LogP contribution is 2.50. The lowest BCUT2D eigenvalue weighted by molar-refractivity contribution is 0.273. The largest absolute Gasteiger partial charge is 0.496 e. The predicted molar refractivity (Wildman–Crippen MR) is 55.9 cm³/mol. The van der Waals surface area contributed by atoms with Gasteiger partial charge in [-0.15, -0.1) is 0 Å². The summed E-state index contributed by atoms with van der Waals surface area (Å²) >= 11 is 5.71. The van der Waals surface area contributed by atoms with Crippen LogP contribution in [-0.4, -0.2) is 18.8 Å². The molecule has 4 heteroatoms. The van der Waals surface area contributed by atoms with E-state index in [0.29, 0.717) is 5.75 Å². The maximum Gasteiger partial charge on any atom is 0.145 e. The summed E-state index contributed by atoms with van der Waals surface area (Å²) < 4.78 is 18.2. The zero-order valence-corrected chi connectivity index (χ0v) is 9.09. The fourth-order valence-electron chi connectivity index (χ4n) is 1.84. The number of ether oxygens (including phenoxy) is 1. The van der Waals surface area contributed by atoms with E-state index >= 15 is 0 Å². The SMILES string of the molecule is COc1cc(F)c(Cl)cc1C1CC1CO. The van der Waals surface area contributed by atoms with Gasteiger partial charge < -0.3 is 9.84 Å². The van der Waals surface area contributed by atoms with Gasteiger partial charge in [0.05, 0.1) is 12.1 Å². The molecule has 0 aliphatic heterocycles. The molecule has 1 fully saturated rings. The van der Waals surface area contributed by atoms with E-state index in [1.54, 1.807) is 6.07 Å². The molecule has 15 heavy (non-hydrogen) atoms. The first-order chi connectivity index (χ1) is 7.17.